The van der Waals surface area contributed by atoms with Crippen LogP contribution in [0.1, 0.15) is 21.7 Å². The van der Waals surface area contributed by atoms with Crippen molar-refractivity contribution in [1.82, 2.24) is 20.6 Å². The van der Waals surface area contributed by atoms with Crippen molar-refractivity contribution >= 4 is 11.8 Å². The molecule has 0 aliphatic heterocycles. The number of amides is 2. The molecular formula is C14H15FN4O2. The maximum Gasteiger partial charge on any atom is 0.269 e. The molecule has 1 heterocycles. The van der Waals surface area contributed by atoms with Crippen LogP contribution in [0.2, 0.25) is 0 Å². The molecule has 0 aliphatic carbocycles. The second kappa shape index (κ2) is 6.17. The van der Waals surface area contributed by atoms with Gasteiger partial charge in [0.2, 0.25) is 0 Å². The zero-order valence-corrected chi connectivity index (χ0v) is 11.7. The van der Waals surface area contributed by atoms with Crippen LogP contribution in [-0.2, 0) is 11.3 Å². The zero-order chi connectivity index (χ0) is 15.4. The first-order valence-corrected chi connectivity index (χ1v) is 6.31. The molecule has 7 heteroatoms. The number of nitrogens with one attached hydrogen (secondary N) is 2. The Morgan fingerprint density at radius 1 is 1.19 bits per heavy atom. The van der Waals surface area contributed by atoms with Crippen LogP contribution in [0.5, 0.6) is 0 Å². The summed E-state index contributed by atoms with van der Waals surface area (Å²) in [7, 11) is 0. The predicted molar refractivity (Wildman–Crippen MR) is 73.7 cm³/mol. The molecule has 0 unspecified atom stereocenters. The monoisotopic (exact) mass is 290 g/mol. The number of carbonyl (C=O) groups excluding carboxylic acids is 2. The third kappa shape index (κ3) is 3.88. The minimum atomic E-state index is -0.517. The largest absolute Gasteiger partial charge is 0.271 e. The second-order valence-electron chi connectivity index (χ2n) is 4.59. The number of benzene rings is 1. The summed E-state index contributed by atoms with van der Waals surface area (Å²) in [6, 6.07) is 6.86. The highest BCUT2D eigenvalue weighted by molar-refractivity contribution is 5.95. The topological polar surface area (TPSA) is 76.0 Å². The van der Waals surface area contributed by atoms with Gasteiger partial charge in [-0.15, -0.1) is 0 Å². The van der Waals surface area contributed by atoms with Gasteiger partial charge in [-0.3, -0.25) is 25.1 Å². The van der Waals surface area contributed by atoms with Crippen LogP contribution < -0.4 is 10.9 Å². The number of rotatable bonds is 3. The van der Waals surface area contributed by atoms with Crippen molar-refractivity contribution in [3.05, 3.63) is 53.1 Å². The Morgan fingerprint density at radius 3 is 2.43 bits per heavy atom. The number of hydrogen-bond acceptors (Lipinski definition) is 3. The highest BCUT2D eigenvalue weighted by Crippen LogP contribution is 2.02. The summed E-state index contributed by atoms with van der Waals surface area (Å²) in [5.41, 5.74) is 6.47. The van der Waals surface area contributed by atoms with Gasteiger partial charge in [0.05, 0.1) is 5.69 Å². The molecule has 1 aromatic heterocycles. The zero-order valence-electron chi connectivity index (χ0n) is 11.7. The first kappa shape index (κ1) is 14.7. The van der Waals surface area contributed by atoms with Crippen molar-refractivity contribution in [3.8, 4) is 0 Å². The Balaban J connectivity index is 1.87. The Bertz CT molecular complexity index is 664. The summed E-state index contributed by atoms with van der Waals surface area (Å²) in [5.74, 6) is -1.35. The van der Waals surface area contributed by atoms with Crippen molar-refractivity contribution < 1.29 is 14.0 Å². The maximum atomic E-state index is 12.7. The van der Waals surface area contributed by atoms with Gasteiger partial charge in [-0.2, -0.15) is 5.10 Å². The highest BCUT2D eigenvalue weighted by Gasteiger charge is 2.09. The summed E-state index contributed by atoms with van der Waals surface area (Å²) in [4.78, 5) is 23.4. The van der Waals surface area contributed by atoms with Gasteiger partial charge >= 0.3 is 0 Å². The molecular weight excluding hydrogens is 275 g/mol. The molecule has 1 aromatic carbocycles. The van der Waals surface area contributed by atoms with E-state index in [1.54, 1.807) is 0 Å². The Hall–Kier alpha value is -2.70. The van der Waals surface area contributed by atoms with Crippen molar-refractivity contribution in [2.75, 3.05) is 0 Å². The van der Waals surface area contributed by atoms with Gasteiger partial charge in [-0.25, -0.2) is 4.39 Å². The molecule has 0 radical (unpaired) electrons. The fraction of sp³-hybridized carbons (Fsp3) is 0.214. The minimum absolute atomic E-state index is 0.00334. The third-order valence-electron chi connectivity index (χ3n) is 2.82. The number of aryl methyl sites for hydroxylation is 2. The van der Waals surface area contributed by atoms with Crippen LogP contribution >= 0.6 is 0 Å². The van der Waals surface area contributed by atoms with E-state index in [4.69, 9.17) is 0 Å². The van der Waals surface area contributed by atoms with Gasteiger partial charge < -0.3 is 0 Å². The fourth-order valence-electron chi connectivity index (χ4n) is 1.81. The molecule has 0 bridgehead atoms. The first-order valence-electron chi connectivity index (χ1n) is 6.31. The average molecular weight is 290 g/mol. The molecule has 2 aromatic rings. The van der Waals surface area contributed by atoms with E-state index in [1.165, 1.54) is 28.9 Å². The number of hydrazine groups is 1. The van der Waals surface area contributed by atoms with E-state index in [9.17, 15) is 14.0 Å². The van der Waals surface area contributed by atoms with E-state index in [0.29, 0.717) is 0 Å². The molecule has 0 spiro atoms. The molecule has 0 saturated carbocycles. The number of hydrogen-bond donors (Lipinski definition) is 2. The molecule has 2 N–H and O–H groups in total. The van der Waals surface area contributed by atoms with Crippen molar-refractivity contribution in [2.24, 2.45) is 0 Å². The second-order valence-corrected chi connectivity index (χ2v) is 4.59. The number of halogens is 1. The molecule has 21 heavy (non-hydrogen) atoms. The lowest BCUT2D eigenvalue weighted by Gasteiger charge is -2.08. The summed E-state index contributed by atoms with van der Waals surface area (Å²) in [5, 5.41) is 4.15. The summed E-state index contributed by atoms with van der Waals surface area (Å²) in [6.07, 6.45) is 0. The maximum absolute atomic E-state index is 12.7. The van der Waals surface area contributed by atoms with Gasteiger partial charge in [-0.1, -0.05) is 0 Å². The smallest absolute Gasteiger partial charge is 0.269 e. The van der Waals surface area contributed by atoms with Crippen LogP contribution in [0.4, 0.5) is 4.39 Å². The Morgan fingerprint density at radius 2 is 1.86 bits per heavy atom. The lowest BCUT2D eigenvalue weighted by molar-refractivity contribution is -0.122. The lowest BCUT2D eigenvalue weighted by atomic mass is 10.2. The van der Waals surface area contributed by atoms with Gasteiger partial charge in [0.1, 0.15) is 12.4 Å². The Labute approximate surface area is 120 Å². The number of aromatic nitrogens is 2. The van der Waals surface area contributed by atoms with E-state index in [2.05, 4.69) is 16.0 Å². The quantitative estimate of drug-likeness (QED) is 0.831. The first-order chi connectivity index (χ1) is 9.95. The molecule has 0 atom stereocenters. The van der Waals surface area contributed by atoms with Crippen molar-refractivity contribution in [3.63, 3.8) is 0 Å². The SMILES string of the molecule is Cc1cc(C)n(CC(=O)NNC(=O)c2ccc(F)cc2)n1. The molecule has 0 fully saturated rings. The number of nitrogens with zero attached hydrogens (tertiary/aromatic N) is 2. The Kier molecular flexibility index (Phi) is 4.32. The summed E-state index contributed by atoms with van der Waals surface area (Å²) < 4.78 is 14.3. The van der Waals surface area contributed by atoms with Gasteiger partial charge in [-0.05, 0) is 44.2 Å². The van der Waals surface area contributed by atoms with Crippen LogP contribution in [0.15, 0.2) is 30.3 Å². The standard InChI is InChI=1S/C14H15FN4O2/c1-9-7-10(2)19(18-9)8-13(20)16-17-14(21)11-3-5-12(15)6-4-11/h3-7H,8H2,1-2H3,(H,16,20)(H,17,21). The van der Waals surface area contributed by atoms with Crippen LogP contribution in [0, 0.1) is 19.7 Å². The summed E-state index contributed by atoms with van der Waals surface area (Å²) >= 11 is 0. The van der Waals surface area contributed by atoms with Crippen LogP contribution in [0.3, 0.4) is 0 Å². The van der Waals surface area contributed by atoms with Gasteiger partial charge in [0, 0.05) is 11.3 Å². The van der Waals surface area contributed by atoms with E-state index in [-0.39, 0.29) is 12.1 Å². The normalized spacial score (nSPS) is 10.2. The molecule has 0 aliphatic rings. The summed E-state index contributed by atoms with van der Waals surface area (Å²) in [6.45, 7) is 3.67. The number of carbonyl (C=O) groups is 2. The molecule has 6 nitrogen and oxygen atoms in total. The van der Waals surface area contributed by atoms with E-state index in [1.807, 2.05) is 19.9 Å². The fourth-order valence-corrected chi connectivity index (χ4v) is 1.81. The van der Waals surface area contributed by atoms with Crippen LogP contribution in [0.25, 0.3) is 0 Å². The van der Waals surface area contributed by atoms with Gasteiger partial charge in [0.25, 0.3) is 11.8 Å². The van der Waals surface area contributed by atoms with Gasteiger partial charge in [0.15, 0.2) is 0 Å². The molecule has 110 valence electrons. The minimum Gasteiger partial charge on any atom is -0.271 e. The molecule has 0 saturated heterocycles. The van der Waals surface area contributed by atoms with Crippen molar-refractivity contribution in [2.45, 2.75) is 20.4 Å². The van der Waals surface area contributed by atoms with E-state index >= 15 is 0 Å². The van der Waals surface area contributed by atoms with Crippen LogP contribution in [-0.4, -0.2) is 21.6 Å². The third-order valence-corrected chi connectivity index (χ3v) is 2.82. The van der Waals surface area contributed by atoms with Crippen molar-refractivity contribution in [1.29, 1.82) is 0 Å². The highest BCUT2D eigenvalue weighted by atomic mass is 19.1. The molecule has 2 amide bonds. The average Bonchev–Trinajstić information content (AvgIpc) is 2.75. The predicted octanol–water partition coefficient (Wildman–Crippen LogP) is 1.10. The van der Waals surface area contributed by atoms with E-state index < -0.39 is 17.6 Å². The van der Waals surface area contributed by atoms with E-state index in [0.717, 1.165) is 11.4 Å². The lowest BCUT2D eigenvalue weighted by Crippen LogP contribution is -2.43. The molecule has 2 rings (SSSR count).